The van der Waals surface area contributed by atoms with Crippen LogP contribution in [0, 0.1) is 0 Å². The molecule has 20 heavy (non-hydrogen) atoms. The zero-order valence-corrected chi connectivity index (χ0v) is 12.3. The quantitative estimate of drug-likeness (QED) is 0.364. The van der Waals surface area contributed by atoms with Gasteiger partial charge in [0.2, 0.25) is 0 Å². The first-order chi connectivity index (χ1) is 9.26. The van der Waals surface area contributed by atoms with Crippen LogP contribution in [0.25, 0.3) is 6.08 Å². The van der Waals surface area contributed by atoms with E-state index in [4.69, 9.17) is 15.2 Å². The van der Waals surface area contributed by atoms with E-state index in [1.54, 1.807) is 19.3 Å². The molecule has 1 aromatic rings. The van der Waals surface area contributed by atoms with E-state index < -0.39 is 0 Å². The van der Waals surface area contributed by atoms with Crippen LogP contribution in [-0.4, -0.2) is 26.2 Å². The number of rotatable bonds is 7. The Morgan fingerprint density at radius 3 is 2.55 bits per heavy atom. The number of benzene rings is 1. The Balaban J connectivity index is 0.00000361. The minimum absolute atomic E-state index is 0. The van der Waals surface area contributed by atoms with Gasteiger partial charge in [-0.25, -0.2) is 4.79 Å². The van der Waals surface area contributed by atoms with Crippen molar-refractivity contribution in [3.8, 4) is 5.75 Å². The molecule has 0 spiro atoms. The summed E-state index contributed by atoms with van der Waals surface area (Å²) in [5.74, 6) is 0.462. The van der Waals surface area contributed by atoms with Gasteiger partial charge in [0.15, 0.2) is 0 Å². The van der Waals surface area contributed by atoms with E-state index in [1.165, 1.54) is 6.08 Å². The predicted octanol–water partition coefficient (Wildman–Crippen LogP) is 2.58. The second-order valence-corrected chi connectivity index (χ2v) is 3.80. The van der Waals surface area contributed by atoms with E-state index in [9.17, 15) is 4.79 Å². The summed E-state index contributed by atoms with van der Waals surface area (Å²) in [6.45, 7) is 0.885. The van der Waals surface area contributed by atoms with Gasteiger partial charge >= 0.3 is 5.97 Å². The fourth-order valence-electron chi connectivity index (χ4n) is 1.32. The number of methoxy groups -OCH3 is 1. The second-order valence-electron chi connectivity index (χ2n) is 3.80. The zero-order valence-electron chi connectivity index (χ0n) is 11.5. The average molecular weight is 298 g/mol. The number of esters is 1. The monoisotopic (exact) mass is 297 g/mol. The summed E-state index contributed by atoms with van der Waals surface area (Å²) in [4.78, 5) is 11.2. The molecule has 0 aliphatic heterocycles. The van der Waals surface area contributed by atoms with E-state index in [-0.39, 0.29) is 18.4 Å². The summed E-state index contributed by atoms with van der Waals surface area (Å²) >= 11 is 0. The molecule has 0 fully saturated rings. The molecule has 0 saturated carbocycles. The van der Waals surface area contributed by atoms with Gasteiger partial charge in [0.1, 0.15) is 5.75 Å². The van der Waals surface area contributed by atoms with Crippen LogP contribution < -0.4 is 10.5 Å². The summed E-state index contributed by atoms with van der Waals surface area (Å²) in [6, 6.07) is 7.63. The van der Waals surface area contributed by atoms with E-state index in [2.05, 4.69) is 0 Å². The van der Waals surface area contributed by atoms with Gasteiger partial charge in [-0.1, -0.05) is 30.4 Å². The normalized spacial score (nSPS) is 10.5. The molecular formula is C15H20ClNO3. The lowest BCUT2D eigenvalue weighted by Crippen LogP contribution is -2.07. The van der Waals surface area contributed by atoms with E-state index in [0.29, 0.717) is 19.6 Å². The predicted molar refractivity (Wildman–Crippen MR) is 83.0 cm³/mol. The van der Waals surface area contributed by atoms with Crippen LogP contribution in [0.1, 0.15) is 12.0 Å². The number of nitrogens with two attached hydrogens (primary N) is 1. The van der Waals surface area contributed by atoms with Crippen molar-refractivity contribution in [1.82, 2.24) is 0 Å². The Hall–Kier alpha value is -1.78. The second kappa shape index (κ2) is 11.1. The maximum atomic E-state index is 11.2. The summed E-state index contributed by atoms with van der Waals surface area (Å²) in [7, 11) is 1.63. The third kappa shape index (κ3) is 7.61. The topological polar surface area (TPSA) is 61.5 Å². The molecule has 5 heteroatoms. The van der Waals surface area contributed by atoms with Crippen LogP contribution in [0.4, 0.5) is 0 Å². The van der Waals surface area contributed by atoms with Crippen molar-refractivity contribution < 1.29 is 14.3 Å². The van der Waals surface area contributed by atoms with Crippen molar-refractivity contribution in [3.63, 3.8) is 0 Å². The average Bonchev–Trinajstić information content (AvgIpc) is 2.44. The Morgan fingerprint density at radius 1 is 1.25 bits per heavy atom. The Labute approximate surface area is 125 Å². The number of hydrogen-bond donors (Lipinski definition) is 1. The lowest BCUT2D eigenvalue weighted by molar-refractivity contribution is -0.137. The molecule has 110 valence electrons. The number of hydrogen-bond acceptors (Lipinski definition) is 4. The van der Waals surface area contributed by atoms with Gasteiger partial charge in [-0.2, -0.15) is 0 Å². The van der Waals surface area contributed by atoms with Crippen LogP contribution in [0.15, 0.2) is 42.5 Å². The highest BCUT2D eigenvalue weighted by molar-refractivity contribution is 5.85. The third-order valence-electron chi connectivity index (χ3n) is 2.34. The lowest BCUT2D eigenvalue weighted by atomic mass is 10.2. The van der Waals surface area contributed by atoms with Crippen molar-refractivity contribution in [2.45, 2.75) is 6.42 Å². The molecule has 0 aromatic heterocycles. The highest BCUT2D eigenvalue weighted by Gasteiger charge is 1.94. The molecule has 4 nitrogen and oxygen atoms in total. The standard InChI is InChI=1S/C15H19NO3.ClH/c1-18-14-9-7-13(8-10-14)5-2-3-6-15(17)19-12-4-11-16;/h2-3,5-10H,4,11-12,16H2,1H3;1H/b5-2+,6-3+;. The van der Waals surface area contributed by atoms with Crippen LogP contribution in [-0.2, 0) is 9.53 Å². The molecule has 0 bridgehead atoms. The van der Waals surface area contributed by atoms with Gasteiger partial charge in [0.05, 0.1) is 13.7 Å². The summed E-state index contributed by atoms with van der Waals surface area (Å²) in [6.07, 6.45) is 7.39. The molecule has 2 N–H and O–H groups in total. The Morgan fingerprint density at radius 2 is 1.95 bits per heavy atom. The first kappa shape index (κ1) is 18.2. The molecule has 0 saturated heterocycles. The van der Waals surface area contributed by atoms with Crippen molar-refractivity contribution in [3.05, 3.63) is 48.1 Å². The molecule has 0 aliphatic rings. The maximum absolute atomic E-state index is 11.2. The van der Waals surface area contributed by atoms with Gasteiger partial charge < -0.3 is 15.2 Å². The first-order valence-electron chi connectivity index (χ1n) is 6.12. The lowest BCUT2D eigenvalue weighted by Gasteiger charge is -1.99. The number of carbonyl (C=O) groups excluding carboxylic acids is 1. The van der Waals surface area contributed by atoms with Gasteiger partial charge in [0.25, 0.3) is 0 Å². The molecule has 0 atom stereocenters. The molecule has 0 unspecified atom stereocenters. The largest absolute Gasteiger partial charge is 0.497 e. The van der Waals surface area contributed by atoms with Crippen LogP contribution >= 0.6 is 12.4 Å². The smallest absolute Gasteiger partial charge is 0.330 e. The van der Waals surface area contributed by atoms with Gasteiger partial charge in [-0.3, -0.25) is 0 Å². The van der Waals surface area contributed by atoms with Crippen LogP contribution in [0.5, 0.6) is 5.75 Å². The summed E-state index contributed by atoms with van der Waals surface area (Å²) < 4.78 is 9.97. The number of halogens is 1. The number of ether oxygens (including phenoxy) is 2. The SMILES string of the molecule is COc1ccc(/C=C/C=C/C(=O)OCCCN)cc1.Cl. The molecule has 1 aromatic carbocycles. The Bertz CT molecular complexity index is 441. The number of carbonyl (C=O) groups is 1. The fourth-order valence-corrected chi connectivity index (χ4v) is 1.32. The highest BCUT2D eigenvalue weighted by atomic mass is 35.5. The Kier molecular flexibility index (Phi) is 10.1. The van der Waals surface area contributed by atoms with Gasteiger partial charge in [-0.05, 0) is 30.7 Å². The molecule has 0 radical (unpaired) electrons. The molecule has 1 rings (SSSR count). The van der Waals surface area contributed by atoms with E-state index in [1.807, 2.05) is 30.3 Å². The molecule has 0 heterocycles. The third-order valence-corrected chi connectivity index (χ3v) is 2.34. The minimum atomic E-state index is -0.354. The van der Waals surface area contributed by atoms with Crippen molar-refractivity contribution in [2.75, 3.05) is 20.3 Å². The van der Waals surface area contributed by atoms with Gasteiger partial charge in [0, 0.05) is 6.08 Å². The van der Waals surface area contributed by atoms with Crippen molar-refractivity contribution >= 4 is 24.5 Å². The minimum Gasteiger partial charge on any atom is -0.497 e. The van der Waals surface area contributed by atoms with Gasteiger partial charge in [-0.15, -0.1) is 12.4 Å². The fraction of sp³-hybridized carbons (Fsp3) is 0.267. The maximum Gasteiger partial charge on any atom is 0.330 e. The van der Waals surface area contributed by atoms with E-state index >= 15 is 0 Å². The van der Waals surface area contributed by atoms with Crippen LogP contribution in [0.3, 0.4) is 0 Å². The molecule has 0 aliphatic carbocycles. The first-order valence-corrected chi connectivity index (χ1v) is 6.12. The summed E-state index contributed by atoms with van der Waals surface area (Å²) in [5, 5.41) is 0. The van der Waals surface area contributed by atoms with Crippen LogP contribution in [0.2, 0.25) is 0 Å². The van der Waals surface area contributed by atoms with Crippen molar-refractivity contribution in [2.24, 2.45) is 5.73 Å². The zero-order chi connectivity index (χ0) is 13.9. The van der Waals surface area contributed by atoms with Crippen molar-refractivity contribution in [1.29, 1.82) is 0 Å². The highest BCUT2D eigenvalue weighted by Crippen LogP contribution is 2.12. The summed E-state index contributed by atoms with van der Waals surface area (Å²) in [5.41, 5.74) is 6.32. The van der Waals surface area contributed by atoms with E-state index in [0.717, 1.165) is 11.3 Å². The number of allylic oxidation sites excluding steroid dienone is 2. The molecule has 0 amide bonds. The molecular weight excluding hydrogens is 278 g/mol.